The molecule has 1 atom stereocenters. The lowest BCUT2D eigenvalue weighted by Crippen LogP contribution is -2.16. The van der Waals surface area contributed by atoms with E-state index >= 15 is 0 Å². The number of hydrogen-bond acceptors (Lipinski definition) is 1. The van der Waals surface area contributed by atoms with Crippen LogP contribution in [0.2, 0.25) is 0 Å². The third-order valence-corrected chi connectivity index (χ3v) is 4.68. The number of hydrogen-bond donors (Lipinski definition) is 0. The highest BCUT2D eigenvalue weighted by Crippen LogP contribution is 2.35. The van der Waals surface area contributed by atoms with E-state index < -0.39 is 0 Å². The van der Waals surface area contributed by atoms with Gasteiger partial charge in [0.15, 0.2) is 0 Å². The predicted octanol–water partition coefficient (Wildman–Crippen LogP) is 4.27. The molecule has 13 heavy (non-hydrogen) atoms. The highest BCUT2D eigenvalue weighted by Gasteiger charge is 2.19. The van der Waals surface area contributed by atoms with Crippen molar-refractivity contribution < 1.29 is 4.52 Å². The van der Waals surface area contributed by atoms with Crippen molar-refractivity contribution in [2.75, 3.05) is 19.4 Å². The van der Waals surface area contributed by atoms with Crippen molar-refractivity contribution >= 4 is 8.15 Å². The number of rotatable bonds is 7. The molecule has 2 heteroatoms. The Labute approximate surface area is 85.1 Å². The summed E-state index contributed by atoms with van der Waals surface area (Å²) >= 11 is 0. The van der Waals surface area contributed by atoms with Gasteiger partial charge in [-0.05, 0) is 24.7 Å². The lowest BCUT2D eigenvalue weighted by molar-refractivity contribution is 0.210. The smallest absolute Gasteiger partial charge is 0.0513 e. The van der Waals surface area contributed by atoms with E-state index in [-0.39, 0.29) is 8.15 Å². The lowest BCUT2D eigenvalue weighted by atomic mass is 9.82. The van der Waals surface area contributed by atoms with Crippen LogP contribution in [-0.4, -0.2) is 19.4 Å². The maximum absolute atomic E-state index is 5.76. The summed E-state index contributed by atoms with van der Waals surface area (Å²) in [6.07, 6.45) is 4.93. The molecule has 1 unspecified atom stereocenters. The van der Waals surface area contributed by atoms with E-state index in [2.05, 4.69) is 34.4 Å². The second-order valence-corrected chi connectivity index (χ2v) is 6.19. The standard InChI is InChI=1S/C11H25OP/c1-6-11(4,7-2)9-10-12-13(5)8-3/h6-10H2,1-5H3. The van der Waals surface area contributed by atoms with Crippen LogP contribution in [0, 0.1) is 5.41 Å². The van der Waals surface area contributed by atoms with Gasteiger partial charge >= 0.3 is 0 Å². The highest BCUT2D eigenvalue weighted by molar-refractivity contribution is 7.51. The molecule has 0 spiro atoms. The molecule has 0 N–H and O–H groups in total. The molecule has 0 rings (SSSR count). The van der Waals surface area contributed by atoms with Crippen molar-refractivity contribution in [3.8, 4) is 0 Å². The van der Waals surface area contributed by atoms with E-state index in [0.29, 0.717) is 5.41 Å². The molecule has 0 aromatic heterocycles. The van der Waals surface area contributed by atoms with E-state index in [4.69, 9.17) is 4.52 Å². The fraction of sp³-hybridized carbons (Fsp3) is 1.00. The fourth-order valence-electron chi connectivity index (χ4n) is 1.14. The molecule has 0 radical (unpaired) electrons. The molecular weight excluding hydrogens is 179 g/mol. The molecule has 0 fully saturated rings. The maximum atomic E-state index is 5.76. The first-order valence-electron chi connectivity index (χ1n) is 5.42. The topological polar surface area (TPSA) is 9.23 Å². The summed E-state index contributed by atoms with van der Waals surface area (Å²) in [7, 11) is -0.141. The van der Waals surface area contributed by atoms with Gasteiger partial charge in [-0.1, -0.05) is 40.5 Å². The largest absolute Gasteiger partial charge is 0.359 e. The first-order valence-corrected chi connectivity index (χ1v) is 7.31. The molecule has 0 aromatic rings. The third-order valence-electron chi connectivity index (χ3n) is 3.17. The Morgan fingerprint density at radius 1 is 1.15 bits per heavy atom. The van der Waals surface area contributed by atoms with Gasteiger partial charge in [0.05, 0.1) is 6.61 Å². The summed E-state index contributed by atoms with van der Waals surface area (Å²) in [4.78, 5) is 0. The van der Waals surface area contributed by atoms with Crippen LogP contribution < -0.4 is 0 Å². The SMILES string of the molecule is CCP(C)OCCC(C)(CC)CC. The molecule has 1 nitrogen and oxygen atoms in total. The minimum Gasteiger partial charge on any atom is -0.359 e. The molecule has 0 amide bonds. The summed E-state index contributed by atoms with van der Waals surface area (Å²) in [5, 5.41) is 0. The molecule has 0 heterocycles. The van der Waals surface area contributed by atoms with Crippen molar-refractivity contribution in [3.63, 3.8) is 0 Å². The Balaban J connectivity index is 3.61. The predicted molar refractivity (Wildman–Crippen MR) is 62.6 cm³/mol. The Morgan fingerprint density at radius 2 is 1.69 bits per heavy atom. The van der Waals surface area contributed by atoms with Crippen molar-refractivity contribution in [1.29, 1.82) is 0 Å². The van der Waals surface area contributed by atoms with Crippen LogP contribution >= 0.6 is 8.15 Å². The normalized spacial score (nSPS) is 14.5. The van der Waals surface area contributed by atoms with Crippen molar-refractivity contribution in [1.82, 2.24) is 0 Å². The first-order chi connectivity index (χ1) is 6.08. The molecule has 0 saturated heterocycles. The summed E-state index contributed by atoms with van der Waals surface area (Å²) in [5.41, 5.74) is 0.504. The second-order valence-electron chi connectivity index (χ2n) is 4.05. The van der Waals surface area contributed by atoms with Crippen LogP contribution in [0.4, 0.5) is 0 Å². The van der Waals surface area contributed by atoms with Crippen LogP contribution in [-0.2, 0) is 4.52 Å². The van der Waals surface area contributed by atoms with Gasteiger partial charge in [-0.15, -0.1) is 0 Å². The zero-order valence-electron chi connectivity index (χ0n) is 9.89. The summed E-state index contributed by atoms with van der Waals surface area (Å²) in [6.45, 7) is 12.3. The van der Waals surface area contributed by atoms with Crippen LogP contribution in [0.3, 0.4) is 0 Å². The van der Waals surface area contributed by atoms with Crippen LogP contribution in [0.25, 0.3) is 0 Å². The van der Waals surface area contributed by atoms with Gasteiger partial charge < -0.3 is 4.52 Å². The van der Waals surface area contributed by atoms with E-state index in [1.807, 2.05) is 0 Å². The van der Waals surface area contributed by atoms with Gasteiger partial charge in [0.25, 0.3) is 0 Å². The van der Waals surface area contributed by atoms with Crippen molar-refractivity contribution in [2.45, 2.75) is 47.0 Å². The molecule has 0 aliphatic rings. The molecule has 80 valence electrons. The summed E-state index contributed by atoms with van der Waals surface area (Å²) < 4.78 is 5.76. The quantitative estimate of drug-likeness (QED) is 0.563. The fourth-order valence-corrected chi connectivity index (χ4v) is 1.73. The molecule has 0 saturated carbocycles. The maximum Gasteiger partial charge on any atom is 0.0513 e. The highest BCUT2D eigenvalue weighted by atomic mass is 31.1. The first kappa shape index (κ1) is 13.4. The summed E-state index contributed by atoms with van der Waals surface area (Å²) in [6, 6.07) is 0. The van der Waals surface area contributed by atoms with Gasteiger partial charge in [0.2, 0.25) is 0 Å². The van der Waals surface area contributed by atoms with E-state index in [0.717, 1.165) is 6.61 Å². The Bertz CT molecular complexity index is 121. The molecule has 0 bridgehead atoms. The van der Waals surface area contributed by atoms with Gasteiger partial charge in [-0.2, -0.15) is 0 Å². The van der Waals surface area contributed by atoms with Crippen LogP contribution in [0.5, 0.6) is 0 Å². The van der Waals surface area contributed by atoms with E-state index in [9.17, 15) is 0 Å². The molecule has 0 aliphatic heterocycles. The minimum atomic E-state index is -0.141. The zero-order chi connectivity index (χ0) is 10.3. The van der Waals surface area contributed by atoms with Gasteiger partial charge in [-0.25, -0.2) is 0 Å². The minimum absolute atomic E-state index is 0.141. The Hall–Kier alpha value is 0.390. The monoisotopic (exact) mass is 204 g/mol. The zero-order valence-corrected chi connectivity index (χ0v) is 10.8. The van der Waals surface area contributed by atoms with E-state index in [1.165, 1.54) is 25.4 Å². The third kappa shape index (κ3) is 5.65. The van der Waals surface area contributed by atoms with Crippen molar-refractivity contribution in [2.24, 2.45) is 5.41 Å². The van der Waals surface area contributed by atoms with E-state index in [1.54, 1.807) is 0 Å². The molecule has 0 aromatic carbocycles. The Kier molecular flexibility index (Phi) is 6.99. The molecule has 0 aliphatic carbocycles. The van der Waals surface area contributed by atoms with Gasteiger partial charge in [0.1, 0.15) is 0 Å². The second kappa shape index (κ2) is 6.79. The van der Waals surface area contributed by atoms with Gasteiger partial charge in [-0.3, -0.25) is 0 Å². The Morgan fingerprint density at radius 3 is 2.08 bits per heavy atom. The van der Waals surface area contributed by atoms with Crippen molar-refractivity contribution in [3.05, 3.63) is 0 Å². The average Bonchev–Trinajstić information content (AvgIpc) is 2.17. The van der Waals surface area contributed by atoms with Gasteiger partial charge in [0, 0.05) is 8.15 Å². The lowest BCUT2D eigenvalue weighted by Gasteiger charge is -2.27. The average molecular weight is 204 g/mol. The van der Waals surface area contributed by atoms with Crippen LogP contribution in [0.1, 0.15) is 47.0 Å². The molecular formula is C11H25OP. The van der Waals surface area contributed by atoms with Crippen LogP contribution in [0.15, 0.2) is 0 Å². The summed E-state index contributed by atoms with van der Waals surface area (Å²) in [5.74, 6) is 0.